The Hall–Kier alpha value is -1.70. The van der Waals surface area contributed by atoms with Crippen LogP contribution in [0.15, 0.2) is 45.9 Å². The van der Waals surface area contributed by atoms with Crippen molar-refractivity contribution in [2.75, 3.05) is 26.2 Å². The highest BCUT2D eigenvalue weighted by atomic mass is 32.2. The minimum atomic E-state index is -3.54. The zero-order chi connectivity index (χ0) is 17.0. The van der Waals surface area contributed by atoms with Crippen LogP contribution >= 0.6 is 0 Å². The van der Waals surface area contributed by atoms with E-state index < -0.39 is 10.0 Å². The Morgan fingerprint density at radius 3 is 2.67 bits per heavy atom. The smallest absolute Gasteiger partial charge is 0.243 e. The minimum absolute atomic E-state index is 0.284. The van der Waals surface area contributed by atoms with Gasteiger partial charge in [0.15, 0.2) is 5.76 Å². The van der Waals surface area contributed by atoms with E-state index in [-0.39, 0.29) is 4.90 Å². The second-order valence-electron chi connectivity index (χ2n) is 6.03. The number of nitrogens with zero attached hydrogens (tertiary/aromatic N) is 2. The molecule has 1 fully saturated rings. The maximum atomic E-state index is 13.1. The van der Waals surface area contributed by atoms with E-state index in [0.717, 1.165) is 25.9 Å². The molecule has 1 N–H and O–H groups in total. The monoisotopic (exact) mass is 349 g/mol. The molecule has 0 spiro atoms. The largest absolute Gasteiger partial charge is 0.356 e. The Kier molecular flexibility index (Phi) is 5.33. The zero-order valence-electron chi connectivity index (χ0n) is 13.8. The van der Waals surface area contributed by atoms with E-state index in [9.17, 15) is 8.42 Å². The summed E-state index contributed by atoms with van der Waals surface area (Å²) < 4.78 is 32.9. The lowest BCUT2D eigenvalue weighted by Gasteiger charge is -2.31. The van der Waals surface area contributed by atoms with Gasteiger partial charge in [-0.2, -0.15) is 4.31 Å². The van der Waals surface area contributed by atoms with E-state index in [1.54, 1.807) is 34.6 Å². The number of hydrogen-bond acceptors (Lipinski definition) is 5. The predicted octanol–water partition coefficient (Wildman–Crippen LogP) is 2.35. The van der Waals surface area contributed by atoms with Crippen molar-refractivity contribution in [1.82, 2.24) is 14.8 Å². The van der Waals surface area contributed by atoms with Crippen molar-refractivity contribution < 1.29 is 12.9 Å². The average molecular weight is 349 g/mol. The van der Waals surface area contributed by atoms with Crippen molar-refractivity contribution in [3.8, 4) is 11.3 Å². The Morgan fingerprint density at radius 1 is 1.25 bits per heavy atom. The van der Waals surface area contributed by atoms with Gasteiger partial charge in [-0.05, 0) is 44.0 Å². The number of nitrogens with one attached hydrogen (secondary N) is 1. The van der Waals surface area contributed by atoms with Crippen molar-refractivity contribution >= 4 is 10.0 Å². The summed E-state index contributed by atoms with van der Waals surface area (Å²) in [5.74, 6) is 1.01. The quantitative estimate of drug-likeness (QED) is 0.866. The van der Waals surface area contributed by atoms with E-state index >= 15 is 0 Å². The zero-order valence-corrected chi connectivity index (χ0v) is 14.6. The van der Waals surface area contributed by atoms with Crippen LogP contribution in [0.25, 0.3) is 11.3 Å². The van der Waals surface area contributed by atoms with Crippen LogP contribution in [-0.4, -0.2) is 44.1 Å². The highest BCUT2D eigenvalue weighted by Gasteiger charge is 2.31. The van der Waals surface area contributed by atoms with Crippen LogP contribution in [-0.2, 0) is 10.0 Å². The van der Waals surface area contributed by atoms with E-state index in [2.05, 4.69) is 17.4 Å². The van der Waals surface area contributed by atoms with Crippen molar-refractivity contribution in [1.29, 1.82) is 0 Å². The Balaban J connectivity index is 1.80. The minimum Gasteiger partial charge on any atom is -0.356 e. The lowest BCUT2D eigenvalue weighted by molar-refractivity contribution is 0.268. The van der Waals surface area contributed by atoms with Crippen molar-refractivity contribution in [2.45, 2.75) is 24.7 Å². The lowest BCUT2D eigenvalue weighted by atomic mass is 9.98. The van der Waals surface area contributed by atoms with Gasteiger partial charge in [0.05, 0.1) is 11.1 Å². The maximum Gasteiger partial charge on any atom is 0.243 e. The molecular weight excluding hydrogens is 326 g/mol. The van der Waals surface area contributed by atoms with Gasteiger partial charge in [-0.25, -0.2) is 8.42 Å². The van der Waals surface area contributed by atoms with Gasteiger partial charge in [-0.3, -0.25) is 0 Å². The normalized spacial score (nSPS) is 17.2. The van der Waals surface area contributed by atoms with E-state index in [1.807, 2.05) is 0 Å². The number of sulfonamides is 1. The van der Waals surface area contributed by atoms with Gasteiger partial charge in [-0.15, -0.1) is 0 Å². The molecule has 7 heteroatoms. The lowest BCUT2D eigenvalue weighted by Crippen LogP contribution is -2.40. The predicted molar refractivity (Wildman–Crippen MR) is 92.0 cm³/mol. The first kappa shape index (κ1) is 17.1. The molecule has 3 rings (SSSR count). The van der Waals surface area contributed by atoms with E-state index in [1.165, 1.54) is 6.20 Å². The van der Waals surface area contributed by atoms with Crippen molar-refractivity contribution in [3.63, 3.8) is 0 Å². The van der Waals surface area contributed by atoms with Gasteiger partial charge < -0.3 is 9.84 Å². The molecule has 0 bridgehead atoms. The van der Waals surface area contributed by atoms with Crippen LogP contribution < -0.4 is 5.32 Å². The molecule has 2 heterocycles. The SMILES string of the molecule is CCNCC1CCN(S(=O)(=O)c2ccccc2-c2ccno2)CC1. The summed E-state index contributed by atoms with van der Waals surface area (Å²) in [5.41, 5.74) is 0.560. The molecule has 0 amide bonds. The first-order valence-electron chi connectivity index (χ1n) is 8.34. The fourth-order valence-electron chi connectivity index (χ4n) is 3.09. The molecule has 0 atom stereocenters. The third-order valence-electron chi connectivity index (χ3n) is 4.46. The fourth-order valence-corrected chi connectivity index (χ4v) is 4.76. The molecule has 6 nitrogen and oxygen atoms in total. The first-order chi connectivity index (χ1) is 11.6. The van der Waals surface area contributed by atoms with Gasteiger partial charge in [0.2, 0.25) is 10.0 Å². The van der Waals surface area contributed by atoms with Crippen molar-refractivity contribution in [2.24, 2.45) is 5.92 Å². The molecular formula is C17H23N3O3S. The topological polar surface area (TPSA) is 75.4 Å². The molecule has 2 aromatic rings. The van der Waals surface area contributed by atoms with Crippen LogP contribution in [0, 0.1) is 5.92 Å². The van der Waals surface area contributed by atoms with Gasteiger partial charge in [0.25, 0.3) is 0 Å². The first-order valence-corrected chi connectivity index (χ1v) is 9.78. The Labute approximate surface area is 142 Å². The summed E-state index contributed by atoms with van der Waals surface area (Å²) in [6.45, 7) is 5.11. The molecule has 24 heavy (non-hydrogen) atoms. The molecule has 1 aliphatic rings. The number of aromatic nitrogens is 1. The van der Waals surface area contributed by atoms with Gasteiger partial charge in [0.1, 0.15) is 0 Å². The van der Waals surface area contributed by atoms with E-state index in [4.69, 9.17) is 4.52 Å². The summed E-state index contributed by atoms with van der Waals surface area (Å²) in [6.07, 6.45) is 3.29. The van der Waals surface area contributed by atoms with Crippen LogP contribution in [0.3, 0.4) is 0 Å². The summed E-state index contributed by atoms with van der Waals surface area (Å²) in [6, 6.07) is 8.62. The molecule has 1 aromatic carbocycles. The fraction of sp³-hybridized carbons (Fsp3) is 0.471. The molecule has 0 aliphatic carbocycles. The molecule has 0 saturated carbocycles. The average Bonchev–Trinajstić information content (AvgIpc) is 3.15. The molecule has 1 aliphatic heterocycles. The van der Waals surface area contributed by atoms with Gasteiger partial charge in [-0.1, -0.05) is 24.2 Å². The second-order valence-corrected chi connectivity index (χ2v) is 7.93. The molecule has 1 aromatic heterocycles. The number of rotatable bonds is 6. The van der Waals surface area contributed by atoms with Crippen LogP contribution in [0.5, 0.6) is 0 Å². The Bertz CT molecular complexity index is 751. The van der Waals surface area contributed by atoms with Gasteiger partial charge >= 0.3 is 0 Å². The number of hydrogen-bond donors (Lipinski definition) is 1. The number of benzene rings is 1. The standard InChI is InChI=1S/C17H23N3O3S/c1-2-18-13-14-8-11-20(12-9-14)24(21,22)17-6-4-3-5-15(17)16-7-10-19-23-16/h3-7,10,14,18H,2,8-9,11-13H2,1H3. The van der Waals surface area contributed by atoms with Gasteiger partial charge in [0, 0.05) is 24.7 Å². The third-order valence-corrected chi connectivity index (χ3v) is 6.42. The molecule has 130 valence electrons. The summed E-state index contributed by atoms with van der Waals surface area (Å²) in [7, 11) is -3.54. The van der Waals surface area contributed by atoms with E-state index in [0.29, 0.717) is 30.3 Å². The summed E-state index contributed by atoms with van der Waals surface area (Å²) in [5, 5.41) is 7.03. The molecule has 1 saturated heterocycles. The number of piperidine rings is 1. The van der Waals surface area contributed by atoms with Crippen LogP contribution in [0.4, 0.5) is 0 Å². The summed E-state index contributed by atoms with van der Waals surface area (Å²) in [4.78, 5) is 0.284. The summed E-state index contributed by atoms with van der Waals surface area (Å²) >= 11 is 0. The second kappa shape index (κ2) is 7.46. The molecule has 0 radical (unpaired) electrons. The van der Waals surface area contributed by atoms with Crippen molar-refractivity contribution in [3.05, 3.63) is 36.5 Å². The highest BCUT2D eigenvalue weighted by Crippen LogP contribution is 2.31. The Morgan fingerprint density at radius 2 is 2.00 bits per heavy atom. The third kappa shape index (κ3) is 3.53. The molecule has 0 unspecified atom stereocenters. The van der Waals surface area contributed by atoms with Crippen LogP contribution in [0.2, 0.25) is 0 Å². The van der Waals surface area contributed by atoms with Crippen LogP contribution in [0.1, 0.15) is 19.8 Å². The maximum absolute atomic E-state index is 13.1. The highest BCUT2D eigenvalue weighted by molar-refractivity contribution is 7.89.